The fraction of sp³-hybridized carbons (Fsp3) is 0.478. The van der Waals surface area contributed by atoms with E-state index in [9.17, 15) is 14.4 Å². The van der Waals surface area contributed by atoms with Crippen LogP contribution in [0.1, 0.15) is 45.4 Å². The largest absolute Gasteiger partial charge is 0.300 e. The summed E-state index contributed by atoms with van der Waals surface area (Å²) in [6, 6.07) is 7.87. The maximum absolute atomic E-state index is 13.1. The predicted molar refractivity (Wildman–Crippen MR) is 125 cm³/mol. The van der Waals surface area contributed by atoms with Gasteiger partial charge in [0, 0.05) is 20.8 Å². The van der Waals surface area contributed by atoms with Crippen molar-refractivity contribution in [2.24, 2.45) is 16.7 Å². The summed E-state index contributed by atoms with van der Waals surface area (Å²) in [4.78, 5) is 45.7. The number of amides is 3. The molecule has 6 nitrogen and oxygen atoms in total. The number of likely N-dealkylation sites (tertiary alicyclic amines) is 1. The quantitative estimate of drug-likeness (QED) is 0.589. The van der Waals surface area contributed by atoms with Crippen LogP contribution < -0.4 is 5.32 Å². The number of fused-ring (bicyclic) bond motifs is 2. The Morgan fingerprint density at radius 3 is 2.58 bits per heavy atom. The number of anilines is 1. The first-order valence-corrected chi connectivity index (χ1v) is 12.1. The number of halogens is 1. The maximum Gasteiger partial charge on any atom is 0.246 e. The van der Waals surface area contributed by atoms with Crippen LogP contribution in [0.15, 0.2) is 28.7 Å². The van der Waals surface area contributed by atoms with Crippen LogP contribution in [0.2, 0.25) is 0 Å². The molecule has 0 radical (unpaired) electrons. The van der Waals surface area contributed by atoms with Gasteiger partial charge in [0.05, 0.1) is 11.1 Å². The Hall–Kier alpha value is -2.06. The minimum atomic E-state index is -0.614. The Bertz CT molecular complexity index is 1060. The van der Waals surface area contributed by atoms with Crippen molar-refractivity contribution in [3.63, 3.8) is 0 Å². The molecular weight excluding hydrogens is 478 g/mol. The molecule has 164 valence electrons. The van der Waals surface area contributed by atoms with Crippen LogP contribution in [0.25, 0.3) is 11.3 Å². The lowest BCUT2D eigenvalue weighted by atomic mass is 9.62. The number of carbonyl (C=O) groups is 3. The molecule has 1 aromatic carbocycles. The van der Waals surface area contributed by atoms with Crippen LogP contribution in [0.4, 0.5) is 5.13 Å². The monoisotopic (exact) mass is 503 g/mol. The average molecular weight is 504 g/mol. The van der Waals surface area contributed by atoms with E-state index in [4.69, 9.17) is 0 Å². The summed E-state index contributed by atoms with van der Waals surface area (Å²) in [5.41, 5.74) is 0.814. The number of carbonyl (C=O) groups excluding carboxylic acids is 3. The number of hydrogen-bond donors (Lipinski definition) is 1. The normalized spacial score (nSPS) is 24.5. The van der Waals surface area contributed by atoms with Gasteiger partial charge in [0.15, 0.2) is 5.13 Å². The number of thiazole rings is 1. The Kier molecular flexibility index (Phi) is 5.58. The van der Waals surface area contributed by atoms with Crippen molar-refractivity contribution in [2.45, 2.75) is 47.0 Å². The first-order chi connectivity index (χ1) is 14.6. The van der Waals surface area contributed by atoms with Crippen LogP contribution in [0, 0.1) is 16.7 Å². The number of piperidine rings is 1. The van der Waals surface area contributed by atoms with Gasteiger partial charge in [0.2, 0.25) is 17.7 Å². The first-order valence-electron chi connectivity index (χ1n) is 10.5. The number of aromatic nitrogens is 1. The van der Waals surface area contributed by atoms with Gasteiger partial charge in [0.25, 0.3) is 0 Å². The lowest BCUT2D eigenvalue weighted by Gasteiger charge is -2.47. The highest BCUT2D eigenvalue weighted by atomic mass is 79.9. The number of nitrogens with zero attached hydrogens (tertiary/aromatic N) is 2. The third-order valence-electron chi connectivity index (χ3n) is 7.19. The Balaban J connectivity index is 1.51. The molecule has 2 fully saturated rings. The zero-order chi connectivity index (χ0) is 22.6. The van der Waals surface area contributed by atoms with Gasteiger partial charge in [-0.2, -0.15) is 0 Å². The highest BCUT2D eigenvalue weighted by Crippen LogP contribution is 2.60. The minimum Gasteiger partial charge on any atom is -0.300 e. The second-order valence-electron chi connectivity index (χ2n) is 9.07. The Morgan fingerprint density at radius 2 is 1.94 bits per heavy atom. The zero-order valence-electron chi connectivity index (χ0n) is 18.1. The van der Waals surface area contributed by atoms with Gasteiger partial charge in [-0.15, -0.1) is 11.3 Å². The van der Waals surface area contributed by atoms with E-state index in [2.05, 4.69) is 26.2 Å². The summed E-state index contributed by atoms with van der Waals surface area (Å²) >= 11 is 4.86. The SMILES string of the molecule is CCc1sc(NC(=O)CN2C(=O)C3CCC(C)(C2=O)C3(C)C)nc1-c1ccc(Br)cc1. The standard InChI is InChI=1S/C23H26BrN3O3S/c1-5-16-18(13-6-8-14(24)9-7-13)26-21(31-16)25-17(28)12-27-19(29)15-10-11-23(4,20(27)30)22(15,2)3/h6-9,15H,5,10-12H2,1-4H3,(H,25,26,28). The Labute approximate surface area is 194 Å². The summed E-state index contributed by atoms with van der Waals surface area (Å²) in [7, 11) is 0. The van der Waals surface area contributed by atoms with E-state index in [0.29, 0.717) is 18.0 Å². The highest BCUT2D eigenvalue weighted by Gasteiger charge is 2.64. The molecule has 2 aromatic rings. The van der Waals surface area contributed by atoms with E-state index in [1.165, 1.54) is 11.3 Å². The number of aryl methyl sites for hydroxylation is 1. The van der Waals surface area contributed by atoms with Crippen molar-refractivity contribution in [1.29, 1.82) is 0 Å². The number of imide groups is 1. The number of nitrogens with one attached hydrogen (secondary N) is 1. The van der Waals surface area contributed by atoms with E-state index >= 15 is 0 Å². The van der Waals surface area contributed by atoms with Gasteiger partial charge in [-0.1, -0.05) is 55.8 Å². The fourth-order valence-electron chi connectivity index (χ4n) is 4.83. The molecular formula is C23H26BrN3O3S. The molecule has 1 saturated carbocycles. The molecule has 4 rings (SSSR count). The lowest BCUT2D eigenvalue weighted by molar-refractivity contribution is -0.168. The summed E-state index contributed by atoms with van der Waals surface area (Å²) in [5, 5.41) is 3.28. The zero-order valence-corrected chi connectivity index (χ0v) is 20.5. The second-order valence-corrected chi connectivity index (χ2v) is 11.1. The lowest BCUT2D eigenvalue weighted by Crippen LogP contribution is -2.60. The summed E-state index contributed by atoms with van der Waals surface area (Å²) < 4.78 is 0.986. The van der Waals surface area contributed by atoms with E-state index in [1.54, 1.807) is 0 Å². The molecule has 2 atom stereocenters. The third kappa shape index (κ3) is 3.53. The number of hydrogen-bond acceptors (Lipinski definition) is 5. The molecule has 8 heteroatoms. The van der Waals surface area contributed by atoms with Gasteiger partial charge in [0.1, 0.15) is 6.54 Å². The van der Waals surface area contributed by atoms with Gasteiger partial charge in [-0.25, -0.2) is 4.98 Å². The van der Waals surface area contributed by atoms with E-state index in [-0.39, 0.29) is 29.7 Å². The minimum absolute atomic E-state index is 0.224. The number of rotatable bonds is 5. The van der Waals surface area contributed by atoms with Crippen molar-refractivity contribution in [2.75, 3.05) is 11.9 Å². The van der Waals surface area contributed by atoms with Gasteiger partial charge >= 0.3 is 0 Å². The molecule has 2 bridgehead atoms. The third-order valence-corrected chi connectivity index (χ3v) is 8.84. The van der Waals surface area contributed by atoms with Gasteiger partial charge < -0.3 is 5.32 Å². The molecule has 1 N–H and O–H groups in total. The topological polar surface area (TPSA) is 79.4 Å². The first kappa shape index (κ1) is 22.1. The van der Waals surface area contributed by atoms with Crippen molar-refractivity contribution in [1.82, 2.24) is 9.88 Å². The molecule has 3 amide bonds. The second kappa shape index (κ2) is 7.81. The van der Waals surface area contributed by atoms with E-state index in [0.717, 1.165) is 31.9 Å². The van der Waals surface area contributed by atoms with E-state index in [1.807, 2.05) is 52.0 Å². The van der Waals surface area contributed by atoms with Crippen LogP contribution in [-0.4, -0.2) is 34.2 Å². The molecule has 1 saturated heterocycles. The van der Waals surface area contributed by atoms with Crippen molar-refractivity contribution in [3.8, 4) is 11.3 Å². The fourth-order valence-corrected chi connectivity index (χ4v) is 6.04. The Morgan fingerprint density at radius 1 is 1.26 bits per heavy atom. The van der Waals surface area contributed by atoms with E-state index < -0.39 is 11.3 Å². The van der Waals surface area contributed by atoms with Crippen LogP contribution in [0.3, 0.4) is 0 Å². The maximum atomic E-state index is 13.1. The molecule has 1 aliphatic carbocycles. The molecule has 0 spiro atoms. The summed E-state index contributed by atoms with van der Waals surface area (Å²) in [5.74, 6) is -1.10. The van der Waals surface area contributed by atoms with Crippen molar-refractivity contribution < 1.29 is 14.4 Å². The summed E-state index contributed by atoms with van der Waals surface area (Å²) in [6.45, 7) is 7.68. The highest BCUT2D eigenvalue weighted by molar-refractivity contribution is 9.10. The van der Waals surface area contributed by atoms with Crippen LogP contribution >= 0.6 is 27.3 Å². The molecule has 2 heterocycles. The number of benzene rings is 1. The van der Waals surface area contributed by atoms with Crippen LogP contribution in [-0.2, 0) is 20.8 Å². The van der Waals surface area contributed by atoms with Gasteiger partial charge in [-0.3, -0.25) is 19.3 Å². The molecule has 1 aliphatic heterocycles. The molecule has 2 unspecified atom stereocenters. The molecule has 1 aromatic heterocycles. The van der Waals surface area contributed by atoms with Crippen LogP contribution in [0.5, 0.6) is 0 Å². The predicted octanol–water partition coefficient (Wildman–Crippen LogP) is 4.88. The van der Waals surface area contributed by atoms with Gasteiger partial charge in [-0.05, 0) is 36.8 Å². The smallest absolute Gasteiger partial charge is 0.246 e. The summed E-state index contributed by atoms with van der Waals surface area (Å²) in [6.07, 6.45) is 2.16. The van der Waals surface area contributed by atoms with Crippen molar-refractivity contribution in [3.05, 3.63) is 33.6 Å². The van der Waals surface area contributed by atoms with Crippen molar-refractivity contribution >= 4 is 50.1 Å². The molecule has 2 aliphatic rings. The molecule has 31 heavy (non-hydrogen) atoms. The average Bonchev–Trinajstić information content (AvgIpc) is 3.21.